The van der Waals surface area contributed by atoms with Gasteiger partial charge in [0.25, 0.3) is 0 Å². The van der Waals surface area contributed by atoms with Crippen molar-refractivity contribution in [1.29, 1.82) is 0 Å². The SMILES string of the molecule is C=C(C)CN1CCN(CCC(=O)O)CC1. The van der Waals surface area contributed by atoms with Crippen LogP contribution >= 0.6 is 0 Å². The van der Waals surface area contributed by atoms with Crippen LogP contribution in [-0.4, -0.2) is 60.1 Å². The fraction of sp³-hybridized carbons (Fsp3) is 0.727. The quantitative estimate of drug-likeness (QED) is 0.680. The zero-order chi connectivity index (χ0) is 11.3. The number of aliphatic carboxylic acids is 1. The predicted molar refractivity (Wildman–Crippen MR) is 59.9 cm³/mol. The van der Waals surface area contributed by atoms with E-state index >= 15 is 0 Å². The number of rotatable bonds is 5. The van der Waals surface area contributed by atoms with Gasteiger partial charge in [-0.15, -0.1) is 0 Å². The Labute approximate surface area is 91.2 Å². The first-order valence-corrected chi connectivity index (χ1v) is 5.39. The van der Waals surface area contributed by atoms with Crippen LogP contribution in [0, 0.1) is 0 Å². The van der Waals surface area contributed by atoms with Crippen molar-refractivity contribution in [3.63, 3.8) is 0 Å². The van der Waals surface area contributed by atoms with Crippen molar-refractivity contribution in [3.05, 3.63) is 12.2 Å². The van der Waals surface area contributed by atoms with Crippen LogP contribution in [0.1, 0.15) is 13.3 Å². The highest BCUT2D eigenvalue weighted by atomic mass is 16.4. The molecule has 15 heavy (non-hydrogen) atoms. The van der Waals surface area contributed by atoms with Crippen LogP contribution in [0.2, 0.25) is 0 Å². The third-order valence-electron chi connectivity index (χ3n) is 2.60. The average molecular weight is 212 g/mol. The summed E-state index contributed by atoms with van der Waals surface area (Å²) in [6, 6.07) is 0. The van der Waals surface area contributed by atoms with Gasteiger partial charge in [-0.05, 0) is 6.92 Å². The summed E-state index contributed by atoms with van der Waals surface area (Å²) in [6.07, 6.45) is 0.250. The molecule has 1 fully saturated rings. The molecule has 0 unspecified atom stereocenters. The van der Waals surface area contributed by atoms with E-state index in [9.17, 15) is 4.79 Å². The lowest BCUT2D eigenvalue weighted by Gasteiger charge is -2.34. The molecule has 1 aliphatic rings. The van der Waals surface area contributed by atoms with E-state index < -0.39 is 5.97 Å². The number of hydrogen-bond donors (Lipinski definition) is 1. The van der Waals surface area contributed by atoms with Gasteiger partial charge in [-0.2, -0.15) is 0 Å². The molecule has 0 spiro atoms. The first-order chi connectivity index (χ1) is 7.08. The van der Waals surface area contributed by atoms with E-state index in [-0.39, 0.29) is 6.42 Å². The molecular weight excluding hydrogens is 192 g/mol. The molecule has 0 bridgehead atoms. The molecule has 0 saturated carbocycles. The molecule has 0 aromatic rings. The van der Waals surface area contributed by atoms with E-state index in [4.69, 9.17) is 5.11 Å². The Morgan fingerprint density at radius 2 is 1.80 bits per heavy atom. The maximum atomic E-state index is 10.4. The molecule has 0 aliphatic carbocycles. The highest BCUT2D eigenvalue weighted by Gasteiger charge is 2.16. The molecule has 1 saturated heterocycles. The van der Waals surface area contributed by atoms with Crippen LogP contribution in [0.3, 0.4) is 0 Å². The molecule has 0 aromatic heterocycles. The van der Waals surface area contributed by atoms with Crippen LogP contribution < -0.4 is 0 Å². The monoisotopic (exact) mass is 212 g/mol. The highest BCUT2D eigenvalue weighted by molar-refractivity contribution is 5.66. The summed E-state index contributed by atoms with van der Waals surface area (Å²) in [6.45, 7) is 11.6. The smallest absolute Gasteiger partial charge is 0.304 e. The Hall–Kier alpha value is -0.870. The normalized spacial score (nSPS) is 19.0. The predicted octanol–water partition coefficient (Wildman–Crippen LogP) is 0.655. The molecular formula is C11H20N2O2. The molecule has 1 N–H and O–H groups in total. The molecule has 4 nitrogen and oxygen atoms in total. The fourth-order valence-corrected chi connectivity index (χ4v) is 1.81. The number of nitrogens with zero attached hydrogens (tertiary/aromatic N) is 2. The maximum absolute atomic E-state index is 10.4. The minimum atomic E-state index is -0.709. The first kappa shape index (κ1) is 12.2. The van der Waals surface area contributed by atoms with E-state index in [0.29, 0.717) is 6.54 Å². The van der Waals surface area contributed by atoms with Gasteiger partial charge in [0.2, 0.25) is 0 Å². The third kappa shape index (κ3) is 4.95. The molecule has 4 heteroatoms. The zero-order valence-electron chi connectivity index (χ0n) is 9.41. The van der Waals surface area contributed by atoms with Crippen LogP contribution in [-0.2, 0) is 4.79 Å². The van der Waals surface area contributed by atoms with Crippen molar-refractivity contribution in [2.75, 3.05) is 39.3 Å². The fourth-order valence-electron chi connectivity index (χ4n) is 1.81. The highest BCUT2D eigenvalue weighted by Crippen LogP contribution is 2.04. The molecule has 1 rings (SSSR count). The summed E-state index contributed by atoms with van der Waals surface area (Å²) in [4.78, 5) is 15.0. The van der Waals surface area contributed by atoms with Crippen molar-refractivity contribution in [1.82, 2.24) is 9.80 Å². The van der Waals surface area contributed by atoms with E-state index in [1.165, 1.54) is 5.57 Å². The second-order valence-corrected chi connectivity index (χ2v) is 4.22. The minimum absolute atomic E-state index is 0.250. The summed E-state index contributed by atoms with van der Waals surface area (Å²) in [7, 11) is 0. The Morgan fingerprint density at radius 3 is 2.27 bits per heavy atom. The van der Waals surface area contributed by atoms with Gasteiger partial charge in [0.15, 0.2) is 0 Å². The van der Waals surface area contributed by atoms with E-state index in [1.807, 2.05) is 6.92 Å². The zero-order valence-corrected chi connectivity index (χ0v) is 9.41. The number of carbonyl (C=O) groups is 1. The Bertz CT molecular complexity index is 233. The van der Waals surface area contributed by atoms with Gasteiger partial charge in [0.05, 0.1) is 6.42 Å². The summed E-state index contributed by atoms with van der Waals surface area (Å²) >= 11 is 0. The van der Waals surface area contributed by atoms with Crippen LogP contribution in [0.5, 0.6) is 0 Å². The lowest BCUT2D eigenvalue weighted by atomic mass is 10.2. The van der Waals surface area contributed by atoms with E-state index in [2.05, 4.69) is 16.4 Å². The van der Waals surface area contributed by atoms with E-state index in [0.717, 1.165) is 32.7 Å². The number of piperazine rings is 1. The lowest BCUT2D eigenvalue weighted by molar-refractivity contribution is -0.137. The third-order valence-corrected chi connectivity index (χ3v) is 2.60. The topological polar surface area (TPSA) is 43.8 Å². The second kappa shape index (κ2) is 5.88. The standard InChI is InChI=1S/C11H20N2O2/c1-10(2)9-13-7-5-12(6-8-13)4-3-11(14)15/h1,3-9H2,2H3,(H,14,15). The number of carboxylic acids is 1. The van der Waals surface area contributed by atoms with Crippen LogP contribution in [0.15, 0.2) is 12.2 Å². The largest absolute Gasteiger partial charge is 0.481 e. The van der Waals surface area contributed by atoms with Gasteiger partial charge in [-0.25, -0.2) is 0 Å². The molecule has 0 amide bonds. The van der Waals surface area contributed by atoms with Crippen molar-refractivity contribution in [2.45, 2.75) is 13.3 Å². The lowest BCUT2D eigenvalue weighted by Crippen LogP contribution is -2.47. The average Bonchev–Trinajstić information content (AvgIpc) is 2.16. The van der Waals surface area contributed by atoms with Crippen molar-refractivity contribution in [3.8, 4) is 0 Å². The Balaban J connectivity index is 2.18. The first-order valence-electron chi connectivity index (χ1n) is 5.39. The van der Waals surface area contributed by atoms with Crippen molar-refractivity contribution in [2.24, 2.45) is 0 Å². The Kier molecular flexibility index (Phi) is 4.78. The molecule has 1 aliphatic heterocycles. The van der Waals surface area contributed by atoms with Crippen molar-refractivity contribution >= 4 is 5.97 Å². The van der Waals surface area contributed by atoms with Crippen LogP contribution in [0.25, 0.3) is 0 Å². The van der Waals surface area contributed by atoms with Gasteiger partial charge in [0, 0.05) is 39.3 Å². The van der Waals surface area contributed by atoms with E-state index in [1.54, 1.807) is 0 Å². The van der Waals surface area contributed by atoms with Gasteiger partial charge >= 0.3 is 5.97 Å². The van der Waals surface area contributed by atoms with Crippen molar-refractivity contribution < 1.29 is 9.90 Å². The molecule has 86 valence electrons. The molecule has 0 radical (unpaired) electrons. The summed E-state index contributed by atoms with van der Waals surface area (Å²) in [5.74, 6) is -0.709. The van der Waals surface area contributed by atoms with Gasteiger partial charge < -0.3 is 10.0 Å². The molecule has 1 heterocycles. The maximum Gasteiger partial charge on any atom is 0.304 e. The minimum Gasteiger partial charge on any atom is -0.481 e. The molecule has 0 aromatic carbocycles. The number of carboxylic acid groups (broad SMARTS) is 1. The summed E-state index contributed by atoms with van der Waals surface area (Å²) in [5, 5.41) is 8.57. The summed E-state index contributed by atoms with van der Waals surface area (Å²) in [5.41, 5.74) is 1.19. The Morgan fingerprint density at radius 1 is 1.27 bits per heavy atom. The van der Waals surface area contributed by atoms with Crippen LogP contribution in [0.4, 0.5) is 0 Å². The second-order valence-electron chi connectivity index (χ2n) is 4.22. The van der Waals surface area contributed by atoms with Gasteiger partial charge in [-0.3, -0.25) is 9.69 Å². The summed E-state index contributed by atoms with van der Waals surface area (Å²) < 4.78 is 0. The number of hydrogen-bond acceptors (Lipinski definition) is 3. The van der Waals surface area contributed by atoms with Gasteiger partial charge in [0.1, 0.15) is 0 Å². The van der Waals surface area contributed by atoms with Gasteiger partial charge in [-0.1, -0.05) is 12.2 Å². The molecule has 0 atom stereocenters.